The highest BCUT2D eigenvalue weighted by atomic mass is 35.5. The summed E-state index contributed by atoms with van der Waals surface area (Å²) in [5.74, 6) is 1.30. The molecule has 3 aromatic carbocycles. The Kier molecular flexibility index (Phi) is 5.52. The molecule has 0 aliphatic heterocycles. The highest BCUT2D eigenvalue weighted by molar-refractivity contribution is 6.36. The third-order valence-corrected chi connectivity index (χ3v) is 5.87. The molecule has 5 rings (SSSR count). The predicted octanol–water partition coefficient (Wildman–Crippen LogP) is 6.96. The minimum atomic E-state index is 0.0812. The van der Waals surface area contributed by atoms with Crippen molar-refractivity contribution in [3.8, 4) is 16.9 Å². The number of imidazole rings is 1. The first kappa shape index (κ1) is 20.5. The van der Waals surface area contributed by atoms with Crippen molar-refractivity contribution >= 4 is 40.2 Å². The van der Waals surface area contributed by atoms with Crippen LogP contribution in [0.15, 0.2) is 85.3 Å². The number of hydrogen-bond donors (Lipinski definition) is 1. The van der Waals surface area contributed by atoms with Crippen LogP contribution >= 0.6 is 23.2 Å². The van der Waals surface area contributed by atoms with Gasteiger partial charge in [0.15, 0.2) is 0 Å². The maximum Gasteiger partial charge on any atom is 0.225 e. The van der Waals surface area contributed by atoms with Crippen molar-refractivity contribution in [2.75, 3.05) is 5.32 Å². The number of fused-ring (bicyclic) bond motifs is 1. The third-order valence-electron chi connectivity index (χ3n) is 5.32. The molecule has 1 N–H and O–H groups in total. The van der Waals surface area contributed by atoms with Gasteiger partial charge in [-0.15, -0.1) is 0 Å². The number of halogens is 2. The molecule has 1 unspecified atom stereocenters. The summed E-state index contributed by atoms with van der Waals surface area (Å²) < 4.78 is 1.95. The van der Waals surface area contributed by atoms with Gasteiger partial charge in [-0.25, -0.2) is 9.97 Å². The summed E-state index contributed by atoms with van der Waals surface area (Å²) >= 11 is 12.4. The fraction of sp³-hybridized carbons (Fsp3) is 0.0800. The van der Waals surface area contributed by atoms with Gasteiger partial charge in [-0.3, -0.25) is 4.57 Å². The molecule has 0 aliphatic rings. The van der Waals surface area contributed by atoms with E-state index in [0.29, 0.717) is 16.0 Å². The molecule has 0 radical (unpaired) electrons. The van der Waals surface area contributed by atoms with E-state index < -0.39 is 0 Å². The van der Waals surface area contributed by atoms with Gasteiger partial charge in [-0.1, -0.05) is 65.7 Å². The van der Waals surface area contributed by atoms with Crippen LogP contribution in [-0.2, 0) is 0 Å². The Morgan fingerprint density at radius 1 is 0.906 bits per heavy atom. The monoisotopic (exact) mass is 459 g/mol. The van der Waals surface area contributed by atoms with E-state index >= 15 is 0 Å². The molecule has 5 nitrogen and oxygen atoms in total. The van der Waals surface area contributed by atoms with Crippen molar-refractivity contribution < 1.29 is 0 Å². The van der Waals surface area contributed by atoms with Gasteiger partial charge in [-0.05, 0) is 48.4 Å². The van der Waals surface area contributed by atoms with Crippen molar-refractivity contribution in [3.63, 3.8) is 0 Å². The zero-order chi connectivity index (χ0) is 22.1. The van der Waals surface area contributed by atoms with E-state index in [1.807, 2.05) is 59.2 Å². The second-order valence-corrected chi connectivity index (χ2v) is 8.30. The Morgan fingerprint density at radius 2 is 1.75 bits per heavy atom. The summed E-state index contributed by atoms with van der Waals surface area (Å²) in [5.41, 5.74) is 4.85. The fourth-order valence-corrected chi connectivity index (χ4v) is 4.18. The van der Waals surface area contributed by atoms with Gasteiger partial charge in [0.1, 0.15) is 12.1 Å². The van der Waals surface area contributed by atoms with E-state index in [9.17, 15) is 0 Å². The van der Waals surface area contributed by atoms with Gasteiger partial charge in [0.25, 0.3) is 0 Å². The molecule has 0 bridgehead atoms. The number of nitrogens with zero attached hydrogens (tertiary/aromatic N) is 4. The second kappa shape index (κ2) is 8.61. The molecule has 2 heterocycles. The molecule has 0 amide bonds. The summed E-state index contributed by atoms with van der Waals surface area (Å²) in [4.78, 5) is 13.7. The SMILES string of the molecule is CC(Nc1nccc(-n2cnc3cc(-c4ccc(Cl)cc4Cl)ccc32)n1)c1ccccc1. The van der Waals surface area contributed by atoms with Gasteiger partial charge >= 0.3 is 0 Å². The lowest BCUT2D eigenvalue weighted by Crippen LogP contribution is -2.10. The van der Waals surface area contributed by atoms with Crippen molar-refractivity contribution in [3.05, 3.63) is 101 Å². The number of anilines is 1. The average molecular weight is 460 g/mol. The lowest BCUT2D eigenvalue weighted by Gasteiger charge is -2.14. The number of nitrogens with one attached hydrogen (secondary N) is 1. The van der Waals surface area contributed by atoms with Crippen molar-refractivity contribution in [2.24, 2.45) is 0 Å². The topological polar surface area (TPSA) is 55.6 Å². The Labute approximate surface area is 195 Å². The first-order valence-electron chi connectivity index (χ1n) is 10.2. The van der Waals surface area contributed by atoms with Crippen LogP contribution in [0.25, 0.3) is 28.0 Å². The van der Waals surface area contributed by atoms with Crippen molar-refractivity contribution in [1.82, 2.24) is 19.5 Å². The van der Waals surface area contributed by atoms with E-state index in [-0.39, 0.29) is 6.04 Å². The van der Waals surface area contributed by atoms with Crippen LogP contribution in [0.3, 0.4) is 0 Å². The molecule has 0 saturated heterocycles. The third kappa shape index (κ3) is 4.05. The summed E-state index contributed by atoms with van der Waals surface area (Å²) in [6.07, 6.45) is 3.51. The molecule has 0 saturated carbocycles. The van der Waals surface area contributed by atoms with Gasteiger partial charge in [-0.2, -0.15) is 4.98 Å². The lowest BCUT2D eigenvalue weighted by atomic mass is 10.1. The largest absolute Gasteiger partial charge is 0.348 e. The van der Waals surface area contributed by atoms with Crippen LogP contribution in [0, 0.1) is 0 Å². The molecule has 0 aliphatic carbocycles. The summed E-state index contributed by atoms with van der Waals surface area (Å²) in [6.45, 7) is 2.08. The van der Waals surface area contributed by atoms with E-state index in [0.717, 1.165) is 28.0 Å². The lowest BCUT2D eigenvalue weighted by molar-refractivity contribution is 0.854. The summed E-state index contributed by atoms with van der Waals surface area (Å²) in [7, 11) is 0. The molecule has 1 atom stereocenters. The Bertz CT molecular complexity index is 1400. The molecule has 7 heteroatoms. The van der Waals surface area contributed by atoms with Crippen LogP contribution in [-0.4, -0.2) is 19.5 Å². The van der Waals surface area contributed by atoms with Gasteiger partial charge in [0.05, 0.1) is 17.1 Å². The highest BCUT2D eigenvalue weighted by Crippen LogP contribution is 2.32. The van der Waals surface area contributed by atoms with Gasteiger partial charge in [0.2, 0.25) is 5.95 Å². The molecular formula is C25H19Cl2N5. The standard InChI is InChI=1S/C25H19Cl2N5/c1-16(17-5-3-2-4-6-17)30-25-28-12-11-24(31-25)32-15-29-22-13-18(7-10-23(22)32)20-9-8-19(26)14-21(20)27/h2-16H,1H3,(H,28,30,31). The number of benzene rings is 3. The minimum absolute atomic E-state index is 0.0812. The molecule has 158 valence electrons. The van der Waals surface area contributed by atoms with Crippen molar-refractivity contribution in [1.29, 1.82) is 0 Å². The van der Waals surface area contributed by atoms with E-state index in [4.69, 9.17) is 28.2 Å². The zero-order valence-electron chi connectivity index (χ0n) is 17.2. The number of rotatable bonds is 5. The first-order valence-corrected chi connectivity index (χ1v) is 10.9. The molecule has 2 aromatic heterocycles. The van der Waals surface area contributed by atoms with Crippen molar-refractivity contribution in [2.45, 2.75) is 13.0 Å². The Hall–Kier alpha value is -3.41. The van der Waals surface area contributed by atoms with E-state index in [1.165, 1.54) is 5.56 Å². The predicted molar refractivity (Wildman–Crippen MR) is 131 cm³/mol. The molecule has 32 heavy (non-hydrogen) atoms. The Balaban J connectivity index is 1.45. The average Bonchev–Trinajstić information content (AvgIpc) is 3.23. The molecule has 5 aromatic rings. The maximum atomic E-state index is 6.39. The number of hydrogen-bond acceptors (Lipinski definition) is 4. The quantitative estimate of drug-likeness (QED) is 0.308. The van der Waals surface area contributed by atoms with Crippen LogP contribution in [0.1, 0.15) is 18.5 Å². The van der Waals surface area contributed by atoms with Crippen LogP contribution in [0.4, 0.5) is 5.95 Å². The zero-order valence-corrected chi connectivity index (χ0v) is 18.7. The highest BCUT2D eigenvalue weighted by Gasteiger charge is 2.12. The van der Waals surface area contributed by atoms with Crippen LogP contribution in [0.2, 0.25) is 10.0 Å². The Morgan fingerprint density at radius 3 is 2.56 bits per heavy atom. The summed E-state index contributed by atoms with van der Waals surface area (Å²) in [5, 5.41) is 4.59. The first-order chi connectivity index (χ1) is 15.6. The molecular weight excluding hydrogens is 441 g/mol. The van der Waals surface area contributed by atoms with E-state index in [1.54, 1.807) is 18.6 Å². The smallest absolute Gasteiger partial charge is 0.225 e. The summed E-state index contributed by atoms with van der Waals surface area (Å²) in [6, 6.07) is 23.7. The maximum absolute atomic E-state index is 6.39. The molecule has 0 spiro atoms. The van der Waals surface area contributed by atoms with E-state index in [2.05, 4.69) is 34.3 Å². The molecule has 0 fully saturated rings. The minimum Gasteiger partial charge on any atom is -0.348 e. The second-order valence-electron chi connectivity index (χ2n) is 7.46. The van der Waals surface area contributed by atoms with Gasteiger partial charge < -0.3 is 5.32 Å². The fourth-order valence-electron chi connectivity index (χ4n) is 3.66. The normalized spacial score (nSPS) is 12.1. The van der Waals surface area contributed by atoms with Crippen LogP contribution in [0.5, 0.6) is 0 Å². The number of aromatic nitrogens is 4. The van der Waals surface area contributed by atoms with Gasteiger partial charge in [0, 0.05) is 21.8 Å². The van der Waals surface area contributed by atoms with Crippen LogP contribution < -0.4 is 5.32 Å².